The van der Waals surface area contributed by atoms with Crippen molar-refractivity contribution in [2.75, 3.05) is 116 Å². The van der Waals surface area contributed by atoms with Gasteiger partial charge in [-0.3, -0.25) is 29.0 Å². The Hall–Kier alpha value is -5.85. The van der Waals surface area contributed by atoms with E-state index in [2.05, 4.69) is 55.0 Å². The Labute approximate surface area is 421 Å². The molecule has 3 amide bonds. The highest BCUT2D eigenvalue weighted by Crippen LogP contribution is 2.38. The van der Waals surface area contributed by atoms with E-state index < -0.39 is 34.6 Å². The number of rotatable bonds is 28. The number of likely N-dealkylation sites (tertiary alicyclic amines) is 2. The third kappa shape index (κ3) is 14.1. The average molecular weight is 1030 g/mol. The zero-order valence-corrected chi connectivity index (χ0v) is 41.8. The number of halogens is 3. The first-order chi connectivity index (χ1) is 35.1. The molecule has 2 aromatic carbocycles. The first kappa shape index (κ1) is 54.9. The van der Waals surface area contributed by atoms with E-state index in [0.717, 1.165) is 24.1 Å². The molecule has 0 unspecified atom stereocenters. The second-order valence-electron chi connectivity index (χ2n) is 18.7. The molecule has 2 saturated heterocycles. The summed E-state index contributed by atoms with van der Waals surface area (Å²) in [4.78, 5) is 83.2. The first-order valence-corrected chi connectivity index (χ1v) is 24.9. The fourth-order valence-electron chi connectivity index (χ4n) is 9.73. The molecule has 3 aliphatic rings. The number of alkyl halides is 3. The number of nitrogens with zero attached hydrogens (tertiary/aromatic N) is 6. The maximum absolute atomic E-state index is 14.1. The number of benzene rings is 1. The number of carbonyl (C=O) groups excluding carboxylic acids is 3. The number of hydrogen-bond acceptors (Lipinski definition) is 17. The van der Waals surface area contributed by atoms with Gasteiger partial charge >= 0.3 is 6.18 Å². The van der Waals surface area contributed by atoms with Gasteiger partial charge in [0.15, 0.2) is 0 Å². The van der Waals surface area contributed by atoms with Crippen LogP contribution in [0.1, 0.15) is 63.1 Å². The van der Waals surface area contributed by atoms with Crippen molar-refractivity contribution in [2.45, 2.75) is 88.4 Å². The molecule has 3 fully saturated rings. The minimum absolute atomic E-state index is 0.0841. The topological polar surface area (TPSA) is 228 Å². The minimum atomic E-state index is -4.57. The molecule has 4 N–H and O–H groups in total. The van der Waals surface area contributed by atoms with Crippen molar-refractivity contribution in [2.24, 2.45) is 5.92 Å². The van der Waals surface area contributed by atoms with Crippen LogP contribution in [0.5, 0.6) is 0 Å². The van der Waals surface area contributed by atoms with Gasteiger partial charge in [-0.05, 0) is 76.4 Å². The third-order valence-corrected chi connectivity index (χ3v) is 13.9. The number of aromatic nitrogens is 3. The number of anilines is 3. The number of hydrogen-bond donors (Lipinski definition) is 4. The molecule has 6 atom stereocenters. The van der Waals surface area contributed by atoms with Crippen LogP contribution in [-0.2, 0) is 44.2 Å². The summed E-state index contributed by atoms with van der Waals surface area (Å²) in [5.41, 5.74) is -0.650. The molecule has 23 heteroatoms. The van der Waals surface area contributed by atoms with Gasteiger partial charge in [0.2, 0.25) is 17.7 Å². The molecular weight excluding hydrogens is 958 g/mol. The van der Waals surface area contributed by atoms with Crippen LogP contribution in [0.2, 0.25) is 0 Å². The summed E-state index contributed by atoms with van der Waals surface area (Å²) < 4.78 is 68.7. The molecule has 73 heavy (non-hydrogen) atoms. The Balaban J connectivity index is 0.758. The second kappa shape index (κ2) is 25.9. The largest absolute Gasteiger partial charge is 0.416 e. The van der Waals surface area contributed by atoms with E-state index in [1.807, 2.05) is 13.1 Å². The van der Waals surface area contributed by atoms with E-state index in [-0.39, 0.29) is 90.1 Å². The lowest BCUT2D eigenvalue weighted by atomic mass is 9.84. The summed E-state index contributed by atoms with van der Waals surface area (Å²) in [6, 6.07) is 5.45. The van der Waals surface area contributed by atoms with Crippen LogP contribution in [0.4, 0.5) is 30.4 Å². The molecule has 2 aromatic heterocycles. The lowest BCUT2D eigenvalue weighted by Crippen LogP contribution is -2.56. The van der Waals surface area contributed by atoms with Gasteiger partial charge < -0.3 is 59.7 Å². The molecule has 7 rings (SSSR count). The smallest absolute Gasteiger partial charge is 0.378 e. The fraction of sp³-hybridized carbons (Fsp3) is 0.600. The van der Waals surface area contributed by atoms with E-state index in [1.165, 1.54) is 12.4 Å². The number of fused-ring (bicyclic) bond motifs is 1. The predicted molar refractivity (Wildman–Crippen MR) is 265 cm³/mol. The Morgan fingerprint density at radius 2 is 1.49 bits per heavy atom. The van der Waals surface area contributed by atoms with Crippen LogP contribution in [0.15, 0.2) is 58.6 Å². The van der Waals surface area contributed by atoms with Gasteiger partial charge in [0.25, 0.3) is 10.9 Å². The predicted octanol–water partition coefficient (Wildman–Crippen LogP) is 3.23. The number of amides is 3. The molecular formula is C50H67F3N10O10. The van der Waals surface area contributed by atoms with Crippen molar-refractivity contribution in [3.63, 3.8) is 0 Å². The summed E-state index contributed by atoms with van der Waals surface area (Å²) >= 11 is 0. The summed E-state index contributed by atoms with van der Waals surface area (Å²) in [6.07, 6.45) is 2.55. The minimum Gasteiger partial charge on any atom is -0.378 e. The summed E-state index contributed by atoms with van der Waals surface area (Å²) in [7, 11) is 3.74. The molecule has 0 bridgehead atoms. The van der Waals surface area contributed by atoms with E-state index in [9.17, 15) is 37.1 Å². The van der Waals surface area contributed by atoms with Gasteiger partial charge in [-0.25, -0.2) is 9.97 Å². The zero-order valence-electron chi connectivity index (χ0n) is 41.8. The van der Waals surface area contributed by atoms with Gasteiger partial charge in [-0.1, -0.05) is 6.07 Å². The number of ether oxygens (including phenoxy) is 5. The molecule has 398 valence electrons. The Morgan fingerprint density at radius 3 is 2.14 bits per heavy atom. The Morgan fingerprint density at radius 1 is 0.836 bits per heavy atom. The SMILES string of the molecule is CC(C)N(C)[C@@H]1CC[C@H](N2CC[C@H](Nc3ncnc4ccc(C(F)(F)F)cc34)C2=O)[C@H](Nc2c(NCCOCCOCCOCCOCCOCCNC(=O)[C@H]3CC(=O)N(C)[C@@H]3c3cccnc3)c(=O)c2=O)C1. The monoisotopic (exact) mass is 1020 g/mol. The highest BCUT2D eigenvalue weighted by atomic mass is 19.4. The van der Waals surface area contributed by atoms with Gasteiger partial charge in [0.1, 0.15) is 29.6 Å². The van der Waals surface area contributed by atoms with Crippen LogP contribution in [0, 0.1) is 5.92 Å². The fourth-order valence-corrected chi connectivity index (χ4v) is 9.73. The van der Waals surface area contributed by atoms with Gasteiger partial charge in [-0.2, -0.15) is 13.2 Å². The van der Waals surface area contributed by atoms with Crippen molar-refractivity contribution >= 4 is 45.8 Å². The van der Waals surface area contributed by atoms with Crippen molar-refractivity contribution in [1.82, 2.24) is 35.0 Å². The number of carbonyl (C=O) groups is 3. The number of nitrogens with one attached hydrogen (secondary N) is 4. The Kier molecular flexibility index (Phi) is 19.5. The molecule has 4 heterocycles. The quantitative estimate of drug-likeness (QED) is 0.0473. The van der Waals surface area contributed by atoms with E-state index in [4.69, 9.17) is 23.7 Å². The molecule has 4 aromatic rings. The Bertz CT molecular complexity index is 2530. The molecule has 1 aliphatic carbocycles. The summed E-state index contributed by atoms with van der Waals surface area (Å²) in [5, 5.41) is 12.5. The van der Waals surface area contributed by atoms with Crippen molar-refractivity contribution in [3.05, 3.63) is 80.6 Å². The van der Waals surface area contributed by atoms with Crippen molar-refractivity contribution in [3.8, 4) is 0 Å². The van der Waals surface area contributed by atoms with Gasteiger partial charge in [0, 0.05) is 69.0 Å². The molecule has 20 nitrogen and oxygen atoms in total. The highest BCUT2D eigenvalue weighted by molar-refractivity contribution is 5.93. The normalized spacial score (nSPS) is 21.5. The van der Waals surface area contributed by atoms with Crippen molar-refractivity contribution in [1.29, 1.82) is 0 Å². The van der Waals surface area contributed by atoms with E-state index in [1.54, 1.807) is 35.3 Å². The lowest BCUT2D eigenvalue weighted by molar-refractivity contribution is -0.137. The van der Waals surface area contributed by atoms with Crippen LogP contribution in [0.25, 0.3) is 10.9 Å². The maximum atomic E-state index is 14.1. The zero-order chi connectivity index (χ0) is 52.1. The van der Waals surface area contributed by atoms with Crippen LogP contribution >= 0.6 is 0 Å². The van der Waals surface area contributed by atoms with Crippen molar-refractivity contribution < 1.29 is 51.2 Å². The highest BCUT2D eigenvalue weighted by Gasteiger charge is 2.45. The van der Waals surface area contributed by atoms with Gasteiger partial charge in [0.05, 0.1) is 95.2 Å². The van der Waals surface area contributed by atoms with Crippen LogP contribution in [-0.4, -0.2) is 177 Å². The molecule has 0 radical (unpaired) electrons. The van der Waals surface area contributed by atoms with Gasteiger partial charge in [-0.15, -0.1) is 0 Å². The lowest BCUT2D eigenvalue weighted by Gasteiger charge is -2.45. The molecule has 0 spiro atoms. The average Bonchev–Trinajstić information content (AvgIpc) is 3.90. The molecule has 2 aliphatic heterocycles. The standard InChI is InChI=1S/C50H67F3N10O10/c1-31(2)61(3)34-8-10-40(63-15-11-38(49(63)68)60-47-35-26-33(50(51,52)53)7-9-37(35)57-30-58-47)39(27-34)59-43-42(45(65)46(43)66)55-13-16-69-18-20-71-22-24-73-25-23-72-21-19-70-17-14-56-48(67)36-28-41(64)62(4)44(36)32-6-5-12-54-29-32/h5-7,9,12,26,29-31,34,36,38-40,44,55,59H,8,10-11,13-25,27-28H2,1-4H3,(H,56,67)(H,57,58,60)/t34-,36+,38+,39-,40+,44-/m1/s1. The van der Waals surface area contributed by atoms with Crippen LogP contribution in [0.3, 0.4) is 0 Å². The third-order valence-electron chi connectivity index (χ3n) is 13.9. The molecule has 1 saturated carbocycles. The second-order valence-corrected chi connectivity index (χ2v) is 18.7. The van der Waals surface area contributed by atoms with E-state index >= 15 is 0 Å². The number of pyridine rings is 1. The van der Waals surface area contributed by atoms with E-state index in [0.29, 0.717) is 97.3 Å². The summed E-state index contributed by atoms with van der Waals surface area (Å²) in [5.74, 6) is -0.874. The first-order valence-electron chi connectivity index (χ1n) is 24.9. The summed E-state index contributed by atoms with van der Waals surface area (Å²) in [6.45, 7) is 8.47. The van der Waals surface area contributed by atoms with Crippen LogP contribution < -0.4 is 32.1 Å². The maximum Gasteiger partial charge on any atom is 0.416 e.